The maximum atomic E-state index is 5.74. The van der Waals surface area contributed by atoms with E-state index in [4.69, 9.17) is 8.83 Å². The van der Waals surface area contributed by atoms with Gasteiger partial charge in [0.2, 0.25) is 11.8 Å². The van der Waals surface area contributed by atoms with Crippen molar-refractivity contribution in [2.24, 2.45) is 0 Å². The van der Waals surface area contributed by atoms with E-state index in [-0.39, 0.29) is 0 Å². The van der Waals surface area contributed by atoms with Crippen LogP contribution in [0, 0.1) is 13.8 Å². The molecule has 0 radical (unpaired) electrons. The number of aryl methyl sites for hydroxylation is 2. The Hall–Kier alpha value is -2.62. The molecule has 2 heterocycles. The first kappa shape index (κ1) is 12.1. The van der Waals surface area contributed by atoms with Crippen LogP contribution in [0.25, 0.3) is 22.2 Å². The third-order valence-corrected chi connectivity index (χ3v) is 3.48. The van der Waals surface area contributed by atoms with Gasteiger partial charge in [-0.25, -0.2) is 9.97 Å². The van der Waals surface area contributed by atoms with Crippen LogP contribution >= 0.6 is 0 Å². The van der Waals surface area contributed by atoms with Crippen LogP contribution in [-0.4, -0.2) is 9.97 Å². The molecule has 4 nitrogen and oxygen atoms in total. The normalized spacial score (nSPS) is 11.5. The molecule has 2 aromatic heterocycles. The first-order valence-electron chi connectivity index (χ1n) is 6.89. The summed E-state index contributed by atoms with van der Waals surface area (Å²) in [5.74, 6) is 1.25. The fourth-order valence-corrected chi connectivity index (χ4v) is 2.45. The van der Waals surface area contributed by atoms with Crippen molar-refractivity contribution in [2.45, 2.75) is 20.3 Å². The zero-order chi connectivity index (χ0) is 14.4. The fraction of sp³-hybridized carbons (Fsp3) is 0.176. The third-order valence-electron chi connectivity index (χ3n) is 3.48. The van der Waals surface area contributed by atoms with Gasteiger partial charge in [0, 0.05) is 0 Å². The zero-order valence-electron chi connectivity index (χ0n) is 11.9. The van der Waals surface area contributed by atoms with Gasteiger partial charge in [0.15, 0.2) is 11.2 Å². The minimum Gasteiger partial charge on any atom is -0.440 e. The lowest BCUT2D eigenvalue weighted by atomic mass is 10.2. The number of hydrogen-bond acceptors (Lipinski definition) is 4. The monoisotopic (exact) mass is 278 g/mol. The van der Waals surface area contributed by atoms with Gasteiger partial charge in [-0.2, -0.15) is 0 Å². The third kappa shape index (κ3) is 2.18. The van der Waals surface area contributed by atoms with Crippen LogP contribution in [-0.2, 0) is 6.42 Å². The molecule has 104 valence electrons. The van der Waals surface area contributed by atoms with E-state index in [1.807, 2.05) is 50.2 Å². The maximum Gasteiger partial charge on any atom is 0.204 e. The Labute approximate surface area is 121 Å². The van der Waals surface area contributed by atoms with E-state index in [1.54, 1.807) is 0 Å². The van der Waals surface area contributed by atoms with Crippen molar-refractivity contribution in [3.05, 3.63) is 59.3 Å². The van der Waals surface area contributed by atoms with Gasteiger partial charge in [0.25, 0.3) is 0 Å². The van der Waals surface area contributed by atoms with Gasteiger partial charge in [-0.3, -0.25) is 0 Å². The molecule has 0 saturated carbocycles. The van der Waals surface area contributed by atoms with Gasteiger partial charge in [-0.1, -0.05) is 12.1 Å². The van der Waals surface area contributed by atoms with Crippen molar-refractivity contribution in [3.63, 3.8) is 0 Å². The zero-order valence-corrected chi connectivity index (χ0v) is 11.9. The summed E-state index contributed by atoms with van der Waals surface area (Å²) in [6.45, 7) is 4.08. The molecule has 0 atom stereocenters. The van der Waals surface area contributed by atoms with Gasteiger partial charge in [0.1, 0.15) is 17.5 Å². The van der Waals surface area contributed by atoms with E-state index in [0.29, 0.717) is 18.2 Å². The number of oxazole rings is 2. The Morgan fingerprint density at radius 3 is 1.71 bits per heavy atom. The van der Waals surface area contributed by atoms with Crippen molar-refractivity contribution in [3.8, 4) is 0 Å². The van der Waals surface area contributed by atoms with Crippen molar-refractivity contribution < 1.29 is 8.83 Å². The Morgan fingerprint density at radius 2 is 1.24 bits per heavy atom. The second-order valence-corrected chi connectivity index (χ2v) is 5.33. The molecule has 0 N–H and O–H groups in total. The van der Waals surface area contributed by atoms with E-state index in [0.717, 1.165) is 22.2 Å². The summed E-state index contributed by atoms with van der Waals surface area (Å²) >= 11 is 0. The molecule has 2 aromatic carbocycles. The highest BCUT2D eigenvalue weighted by atomic mass is 16.4. The Bertz CT molecular complexity index is 872. The summed E-state index contributed by atoms with van der Waals surface area (Å²) in [6.07, 6.45) is 0.460. The van der Waals surface area contributed by atoms with Gasteiger partial charge < -0.3 is 8.83 Å². The largest absolute Gasteiger partial charge is 0.440 e. The van der Waals surface area contributed by atoms with Crippen LogP contribution in [0.1, 0.15) is 22.9 Å². The van der Waals surface area contributed by atoms with E-state index >= 15 is 0 Å². The minimum atomic E-state index is 0.460. The van der Waals surface area contributed by atoms with Gasteiger partial charge in [0.05, 0.1) is 0 Å². The molecule has 0 bridgehead atoms. The van der Waals surface area contributed by atoms with Gasteiger partial charge >= 0.3 is 0 Å². The average molecular weight is 278 g/mol. The van der Waals surface area contributed by atoms with E-state index in [2.05, 4.69) is 9.97 Å². The highest BCUT2D eigenvalue weighted by Gasteiger charge is 2.11. The van der Waals surface area contributed by atoms with Crippen LogP contribution in [0.4, 0.5) is 0 Å². The summed E-state index contributed by atoms with van der Waals surface area (Å²) in [6, 6.07) is 11.9. The molecule has 4 heteroatoms. The lowest BCUT2D eigenvalue weighted by molar-refractivity contribution is 0.488. The smallest absolute Gasteiger partial charge is 0.204 e. The molecule has 0 aliphatic rings. The number of fused-ring (bicyclic) bond motifs is 2. The number of benzene rings is 2. The van der Waals surface area contributed by atoms with Crippen LogP contribution < -0.4 is 0 Å². The second-order valence-electron chi connectivity index (χ2n) is 5.33. The second kappa shape index (κ2) is 4.45. The molecular weight excluding hydrogens is 264 g/mol. The first-order chi connectivity index (χ1) is 10.2. The Kier molecular flexibility index (Phi) is 2.57. The number of rotatable bonds is 2. The predicted molar refractivity (Wildman–Crippen MR) is 80.3 cm³/mol. The quantitative estimate of drug-likeness (QED) is 0.552. The minimum absolute atomic E-state index is 0.460. The molecular formula is C17H14N2O2. The topological polar surface area (TPSA) is 52.1 Å². The summed E-state index contributed by atoms with van der Waals surface area (Å²) in [5.41, 5.74) is 5.67. The summed E-state index contributed by atoms with van der Waals surface area (Å²) in [5, 5.41) is 0. The Balaban J connectivity index is 1.71. The van der Waals surface area contributed by atoms with Crippen LogP contribution in [0.15, 0.2) is 45.2 Å². The van der Waals surface area contributed by atoms with E-state index < -0.39 is 0 Å². The molecule has 0 aliphatic carbocycles. The maximum absolute atomic E-state index is 5.74. The van der Waals surface area contributed by atoms with Crippen LogP contribution in [0.5, 0.6) is 0 Å². The summed E-state index contributed by atoms with van der Waals surface area (Å²) in [4.78, 5) is 8.98. The molecule has 0 amide bonds. The predicted octanol–water partition coefficient (Wildman–Crippen LogP) is 4.18. The first-order valence-corrected chi connectivity index (χ1v) is 6.89. The fourth-order valence-electron chi connectivity index (χ4n) is 2.45. The van der Waals surface area contributed by atoms with E-state index in [9.17, 15) is 0 Å². The standard InChI is InChI=1S/C17H14N2O2/c1-10-3-5-14-12(7-10)18-16(20-14)9-17-19-13-8-11(2)4-6-15(13)21-17/h3-8H,9H2,1-2H3. The van der Waals surface area contributed by atoms with Gasteiger partial charge in [-0.15, -0.1) is 0 Å². The van der Waals surface area contributed by atoms with Crippen molar-refractivity contribution in [1.82, 2.24) is 9.97 Å². The average Bonchev–Trinajstić information content (AvgIpc) is 3.00. The summed E-state index contributed by atoms with van der Waals surface area (Å²) in [7, 11) is 0. The lowest BCUT2D eigenvalue weighted by Gasteiger charge is -1.88. The van der Waals surface area contributed by atoms with Crippen LogP contribution in [0.3, 0.4) is 0 Å². The molecule has 21 heavy (non-hydrogen) atoms. The van der Waals surface area contributed by atoms with Crippen LogP contribution in [0.2, 0.25) is 0 Å². The lowest BCUT2D eigenvalue weighted by Crippen LogP contribution is -1.87. The van der Waals surface area contributed by atoms with Crippen molar-refractivity contribution in [2.75, 3.05) is 0 Å². The van der Waals surface area contributed by atoms with Gasteiger partial charge in [-0.05, 0) is 49.2 Å². The SMILES string of the molecule is Cc1ccc2oc(Cc3nc4cc(C)ccc4o3)nc2c1. The molecule has 0 spiro atoms. The summed E-state index contributed by atoms with van der Waals surface area (Å²) < 4.78 is 11.5. The highest BCUT2D eigenvalue weighted by Crippen LogP contribution is 2.21. The molecule has 0 saturated heterocycles. The number of nitrogens with zero attached hydrogens (tertiary/aromatic N) is 2. The number of hydrogen-bond donors (Lipinski definition) is 0. The molecule has 4 aromatic rings. The highest BCUT2D eigenvalue weighted by molar-refractivity contribution is 5.74. The Morgan fingerprint density at radius 1 is 0.762 bits per heavy atom. The molecule has 0 fully saturated rings. The number of aromatic nitrogens is 2. The molecule has 0 unspecified atom stereocenters. The molecule has 4 rings (SSSR count). The molecule has 0 aliphatic heterocycles. The van der Waals surface area contributed by atoms with E-state index in [1.165, 1.54) is 11.1 Å². The van der Waals surface area contributed by atoms with Crippen molar-refractivity contribution in [1.29, 1.82) is 0 Å². The van der Waals surface area contributed by atoms with Crippen molar-refractivity contribution >= 4 is 22.2 Å².